The molecule has 0 saturated carbocycles. The number of benzene rings is 1. The molecule has 0 aliphatic rings. The SMILES string of the molecule is CC(C)CN(CCC#N)Cc1ccc(F)c(Cl)c1. The van der Waals surface area contributed by atoms with Gasteiger partial charge in [-0.1, -0.05) is 31.5 Å². The van der Waals surface area contributed by atoms with Crippen LogP contribution >= 0.6 is 11.6 Å². The second-order valence-electron chi connectivity index (χ2n) is 4.79. The summed E-state index contributed by atoms with van der Waals surface area (Å²) < 4.78 is 13.1. The van der Waals surface area contributed by atoms with Crippen LogP contribution in [0, 0.1) is 23.1 Å². The summed E-state index contributed by atoms with van der Waals surface area (Å²) in [4.78, 5) is 2.19. The van der Waals surface area contributed by atoms with Crippen molar-refractivity contribution in [2.24, 2.45) is 5.92 Å². The van der Waals surface area contributed by atoms with E-state index in [4.69, 9.17) is 16.9 Å². The molecule has 0 heterocycles. The molecular weight excluding hydrogens is 251 g/mol. The largest absolute Gasteiger partial charge is 0.298 e. The van der Waals surface area contributed by atoms with Crippen molar-refractivity contribution in [2.75, 3.05) is 13.1 Å². The summed E-state index contributed by atoms with van der Waals surface area (Å²) >= 11 is 5.76. The van der Waals surface area contributed by atoms with Crippen molar-refractivity contribution in [3.8, 4) is 6.07 Å². The van der Waals surface area contributed by atoms with Crippen LogP contribution in [0.15, 0.2) is 18.2 Å². The minimum Gasteiger partial charge on any atom is -0.298 e. The highest BCUT2D eigenvalue weighted by Gasteiger charge is 2.09. The minimum absolute atomic E-state index is 0.150. The standard InChI is InChI=1S/C14H18ClFN2/c1-11(2)9-18(7-3-6-17)10-12-4-5-14(16)13(15)8-12/h4-5,8,11H,3,7,9-10H2,1-2H3. The van der Waals surface area contributed by atoms with Crippen LogP contribution in [-0.4, -0.2) is 18.0 Å². The number of nitrogens with zero attached hydrogens (tertiary/aromatic N) is 2. The Morgan fingerprint density at radius 1 is 1.44 bits per heavy atom. The molecule has 1 rings (SSSR count). The van der Waals surface area contributed by atoms with Crippen LogP contribution in [-0.2, 0) is 6.54 Å². The molecule has 18 heavy (non-hydrogen) atoms. The first-order chi connectivity index (χ1) is 8.52. The lowest BCUT2D eigenvalue weighted by molar-refractivity contribution is 0.241. The maximum absolute atomic E-state index is 13.1. The van der Waals surface area contributed by atoms with E-state index in [0.29, 0.717) is 18.9 Å². The van der Waals surface area contributed by atoms with Crippen molar-refractivity contribution in [3.63, 3.8) is 0 Å². The summed E-state index contributed by atoms with van der Waals surface area (Å²) in [5.74, 6) is 0.132. The average molecular weight is 269 g/mol. The molecule has 0 fully saturated rings. The van der Waals surface area contributed by atoms with Crippen LogP contribution in [0.1, 0.15) is 25.8 Å². The number of rotatable bonds is 6. The Morgan fingerprint density at radius 3 is 2.72 bits per heavy atom. The van der Waals surface area contributed by atoms with Gasteiger partial charge in [-0.05, 0) is 23.6 Å². The molecule has 98 valence electrons. The van der Waals surface area contributed by atoms with Gasteiger partial charge in [0, 0.05) is 26.1 Å². The van der Waals surface area contributed by atoms with Gasteiger partial charge in [-0.15, -0.1) is 0 Å². The number of halogens is 2. The molecule has 4 heteroatoms. The van der Waals surface area contributed by atoms with Gasteiger partial charge in [0.05, 0.1) is 11.1 Å². The molecule has 0 bridgehead atoms. The van der Waals surface area contributed by atoms with Gasteiger partial charge in [0.15, 0.2) is 0 Å². The normalized spacial score (nSPS) is 10.9. The first-order valence-electron chi connectivity index (χ1n) is 6.06. The molecule has 0 unspecified atom stereocenters. The van der Waals surface area contributed by atoms with Gasteiger partial charge < -0.3 is 0 Å². The van der Waals surface area contributed by atoms with Gasteiger partial charge in [0.25, 0.3) is 0 Å². The van der Waals surface area contributed by atoms with E-state index in [9.17, 15) is 4.39 Å². The summed E-state index contributed by atoms with van der Waals surface area (Å²) in [7, 11) is 0. The van der Waals surface area contributed by atoms with Gasteiger partial charge in [-0.3, -0.25) is 4.90 Å². The zero-order valence-electron chi connectivity index (χ0n) is 10.8. The Balaban J connectivity index is 2.69. The minimum atomic E-state index is -0.396. The predicted octanol–water partition coefficient (Wildman–Crippen LogP) is 3.85. The van der Waals surface area contributed by atoms with Gasteiger partial charge in [-0.25, -0.2) is 4.39 Å². The summed E-state index contributed by atoms with van der Waals surface area (Å²) in [6.45, 7) is 6.61. The number of hydrogen-bond donors (Lipinski definition) is 0. The molecule has 0 amide bonds. The summed E-state index contributed by atoms with van der Waals surface area (Å²) in [5, 5.41) is 8.80. The van der Waals surface area contributed by atoms with Crippen LogP contribution < -0.4 is 0 Å². The van der Waals surface area contributed by atoms with E-state index in [1.54, 1.807) is 12.1 Å². The number of nitriles is 1. The van der Waals surface area contributed by atoms with Crippen LogP contribution in [0.25, 0.3) is 0 Å². The zero-order valence-corrected chi connectivity index (χ0v) is 11.5. The van der Waals surface area contributed by atoms with E-state index in [1.165, 1.54) is 6.07 Å². The van der Waals surface area contributed by atoms with E-state index >= 15 is 0 Å². The third kappa shape index (κ3) is 5.03. The topological polar surface area (TPSA) is 27.0 Å². The van der Waals surface area contributed by atoms with E-state index in [-0.39, 0.29) is 5.02 Å². The maximum Gasteiger partial charge on any atom is 0.141 e. The van der Waals surface area contributed by atoms with Crippen molar-refractivity contribution in [3.05, 3.63) is 34.6 Å². The van der Waals surface area contributed by atoms with E-state index < -0.39 is 5.82 Å². The second kappa shape index (κ2) is 7.35. The molecule has 0 aliphatic heterocycles. The lowest BCUT2D eigenvalue weighted by atomic mass is 10.1. The van der Waals surface area contributed by atoms with Crippen LogP contribution in [0.3, 0.4) is 0 Å². The van der Waals surface area contributed by atoms with Crippen molar-refractivity contribution >= 4 is 11.6 Å². The average Bonchev–Trinajstić information content (AvgIpc) is 2.30. The van der Waals surface area contributed by atoms with Crippen LogP contribution in [0.4, 0.5) is 4.39 Å². The molecule has 2 nitrogen and oxygen atoms in total. The highest BCUT2D eigenvalue weighted by atomic mass is 35.5. The Bertz CT molecular complexity index is 426. The Hall–Kier alpha value is -1.11. The second-order valence-corrected chi connectivity index (χ2v) is 5.19. The van der Waals surface area contributed by atoms with Gasteiger partial charge in [0.1, 0.15) is 5.82 Å². The Kier molecular flexibility index (Phi) is 6.11. The summed E-state index contributed by atoms with van der Waals surface area (Å²) in [6.07, 6.45) is 0.502. The fourth-order valence-electron chi connectivity index (χ4n) is 1.86. The predicted molar refractivity (Wildman–Crippen MR) is 71.8 cm³/mol. The van der Waals surface area contributed by atoms with Gasteiger partial charge >= 0.3 is 0 Å². The van der Waals surface area contributed by atoms with Crippen molar-refractivity contribution < 1.29 is 4.39 Å². The lowest BCUT2D eigenvalue weighted by Crippen LogP contribution is -2.28. The maximum atomic E-state index is 13.1. The molecule has 0 atom stereocenters. The monoisotopic (exact) mass is 268 g/mol. The molecule has 0 aromatic heterocycles. The third-order valence-corrected chi connectivity index (χ3v) is 2.84. The fourth-order valence-corrected chi connectivity index (χ4v) is 2.06. The first kappa shape index (κ1) is 14.9. The molecule has 0 spiro atoms. The first-order valence-corrected chi connectivity index (χ1v) is 6.44. The van der Waals surface area contributed by atoms with Crippen molar-refractivity contribution in [1.82, 2.24) is 4.90 Å². The van der Waals surface area contributed by atoms with E-state index in [2.05, 4.69) is 24.8 Å². The van der Waals surface area contributed by atoms with Crippen molar-refractivity contribution in [1.29, 1.82) is 5.26 Å². The molecule has 0 aliphatic carbocycles. The lowest BCUT2D eigenvalue weighted by Gasteiger charge is -2.23. The van der Waals surface area contributed by atoms with Crippen molar-refractivity contribution in [2.45, 2.75) is 26.8 Å². The Morgan fingerprint density at radius 2 is 2.17 bits per heavy atom. The molecule has 0 saturated heterocycles. The Labute approximate surface area is 113 Å². The molecular formula is C14H18ClFN2. The molecule has 1 aromatic rings. The third-order valence-electron chi connectivity index (χ3n) is 2.55. The number of hydrogen-bond acceptors (Lipinski definition) is 2. The summed E-state index contributed by atoms with van der Waals surface area (Å²) in [6, 6.07) is 6.92. The molecule has 0 radical (unpaired) electrons. The highest BCUT2D eigenvalue weighted by molar-refractivity contribution is 6.30. The van der Waals surface area contributed by atoms with Crippen LogP contribution in [0.2, 0.25) is 5.02 Å². The quantitative estimate of drug-likeness (QED) is 0.784. The van der Waals surface area contributed by atoms with E-state index in [0.717, 1.165) is 18.7 Å². The highest BCUT2D eigenvalue weighted by Crippen LogP contribution is 2.17. The fraction of sp³-hybridized carbons (Fsp3) is 0.500. The molecule has 0 N–H and O–H groups in total. The smallest absolute Gasteiger partial charge is 0.141 e. The van der Waals surface area contributed by atoms with Gasteiger partial charge in [0.2, 0.25) is 0 Å². The van der Waals surface area contributed by atoms with Gasteiger partial charge in [-0.2, -0.15) is 5.26 Å². The zero-order chi connectivity index (χ0) is 13.5. The summed E-state index contributed by atoms with van der Waals surface area (Å²) in [5.41, 5.74) is 0.972. The van der Waals surface area contributed by atoms with Crippen LogP contribution in [0.5, 0.6) is 0 Å². The van der Waals surface area contributed by atoms with E-state index in [1.807, 2.05) is 0 Å². The molecule has 1 aromatic carbocycles.